The van der Waals surface area contributed by atoms with Gasteiger partial charge in [-0.05, 0) is 17.7 Å². The first-order valence-electron chi connectivity index (χ1n) is 7.88. The largest absolute Gasteiger partial charge is 0.493 e. The van der Waals surface area contributed by atoms with Gasteiger partial charge >= 0.3 is 0 Å². The van der Waals surface area contributed by atoms with Crippen LogP contribution in [0.4, 0.5) is 5.82 Å². The van der Waals surface area contributed by atoms with E-state index in [1.165, 1.54) is 0 Å². The number of nitrogens with one attached hydrogen (secondary N) is 2. The molecule has 1 amide bonds. The van der Waals surface area contributed by atoms with Crippen LogP contribution < -0.4 is 20.1 Å². The molecular formula is C17H22N4O3. The molecule has 0 radical (unpaired) electrons. The first-order chi connectivity index (χ1) is 11.6. The van der Waals surface area contributed by atoms with Crippen LogP contribution in [0.15, 0.2) is 18.2 Å². The molecule has 0 saturated carbocycles. The molecule has 128 valence electrons. The molecule has 1 aliphatic rings. The maximum Gasteiger partial charge on any atom is 0.229 e. The van der Waals surface area contributed by atoms with Crippen LogP contribution in [-0.2, 0) is 31.2 Å². The van der Waals surface area contributed by atoms with Crippen LogP contribution in [0.2, 0.25) is 0 Å². The lowest BCUT2D eigenvalue weighted by Gasteiger charge is -2.14. The number of amides is 1. The summed E-state index contributed by atoms with van der Waals surface area (Å²) >= 11 is 0. The zero-order valence-corrected chi connectivity index (χ0v) is 14.2. The zero-order chi connectivity index (χ0) is 17.1. The molecular weight excluding hydrogens is 308 g/mol. The Morgan fingerprint density at radius 2 is 2.12 bits per heavy atom. The van der Waals surface area contributed by atoms with Crippen molar-refractivity contribution in [2.75, 3.05) is 26.1 Å². The summed E-state index contributed by atoms with van der Waals surface area (Å²) in [4.78, 5) is 12.4. The van der Waals surface area contributed by atoms with E-state index < -0.39 is 0 Å². The molecule has 3 rings (SSSR count). The number of hydrogen-bond donors (Lipinski definition) is 2. The Bertz CT molecular complexity index is 755. The molecule has 2 N–H and O–H groups in total. The van der Waals surface area contributed by atoms with Gasteiger partial charge in [-0.2, -0.15) is 5.10 Å². The SMILES string of the molecule is COc1ccc(CC(=O)Nc2c3c(nn2C)CCNC3)cc1OC. The summed E-state index contributed by atoms with van der Waals surface area (Å²) < 4.78 is 12.2. The Balaban J connectivity index is 1.73. The number of rotatable bonds is 5. The molecule has 0 saturated heterocycles. The number of aromatic nitrogens is 2. The molecule has 0 fully saturated rings. The third-order valence-corrected chi connectivity index (χ3v) is 4.14. The van der Waals surface area contributed by atoms with Crippen LogP contribution in [0.25, 0.3) is 0 Å². The van der Waals surface area contributed by atoms with Crippen LogP contribution in [0.3, 0.4) is 0 Å². The minimum absolute atomic E-state index is 0.0846. The quantitative estimate of drug-likeness (QED) is 0.863. The van der Waals surface area contributed by atoms with Gasteiger partial charge in [0.1, 0.15) is 5.82 Å². The van der Waals surface area contributed by atoms with Gasteiger partial charge < -0.3 is 20.1 Å². The Morgan fingerprint density at radius 3 is 2.88 bits per heavy atom. The molecule has 1 aromatic heterocycles. The third-order valence-electron chi connectivity index (χ3n) is 4.14. The monoisotopic (exact) mass is 330 g/mol. The lowest BCUT2D eigenvalue weighted by molar-refractivity contribution is -0.115. The van der Waals surface area contributed by atoms with Crippen LogP contribution in [0.5, 0.6) is 11.5 Å². The van der Waals surface area contributed by atoms with Gasteiger partial charge in [-0.3, -0.25) is 9.48 Å². The van der Waals surface area contributed by atoms with E-state index in [0.717, 1.165) is 42.1 Å². The van der Waals surface area contributed by atoms with Crippen LogP contribution >= 0.6 is 0 Å². The second kappa shape index (κ2) is 6.92. The first-order valence-corrected chi connectivity index (χ1v) is 7.88. The topological polar surface area (TPSA) is 77.4 Å². The molecule has 0 atom stereocenters. The number of anilines is 1. The molecule has 7 nitrogen and oxygen atoms in total. The van der Waals surface area contributed by atoms with Crippen LogP contribution in [-0.4, -0.2) is 36.5 Å². The fourth-order valence-corrected chi connectivity index (χ4v) is 2.94. The fourth-order valence-electron chi connectivity index (χ4n) is 2.94. The third kappa shape index (κ3) is 3.21. The molecule has 1 aromatic carbocycles. The molecule has 1 aliphatic heterocycles. The van der Waals surface area contributed by atoms with Gasteiger partial charge in [-0.25, -0.2) is 0 Å². The highest BCUT2D eigenvalue weighted by Crippen LogP contribution is 2.28. The van der Waals surface area contributed by atoms with Crippen molar-refractivity contribution in [3.8, 4) is 11.5 Å². The van der Waals surface area contributed by atoms with Gasteiger partial charge in [0.05, 0.1) is 26.3 Å². The lowest BCUT2D eigenvalue weighted by Crippen LogP contribution is -2.24. The number of carbonyl (C=O) groups excluding carboxylic acids is 1. The molecule has 0 spiro atoms. The average Bonchev–Trinajstić information content (AvgIpc) is 2.90. The summed E-state index contributed by atoms with van der Waals surface area (Å²) in [6, 6.07) is 5.48. The zero-order valence-electron chi connectivity index (χ0n) is 14.2. The number of ether oxygens (including phenoxy) is 2. The fraction of sp³-hybridized carbons (Fsp3) is 0.412. The highest BCUT2D eigenvalue weighted by molar-refractivity contribution is 5.92. The molecule has 2 heterocycles. The van der Waals surface area contributed by atoms with E-state index in [1.807, 2.05) is 19.2 Å². The van der Waals surface area contributed by atoms with E-state index >= 15 is 0 Å². The Kier molecular flexibility index (Phi) is 4.71. The second-order valence-corrected chi connectivity index (χ2v) is 5.74. The number of benzene rings is 1. The van der Waals surface area contributed by atoms with E-state index in [1.54, 1.807) is 25.0 Å². The Hall–Kier alpha value is -2.54. The smallest absolute Gasteiger partial charge is 0.229 e. The molecule has 0 unspecified atom stereocenters. The molecule has 7 heteroatoms. The highest BCUT2D eigenvalue weighted by atomic mass is 16.5. The Morgan fingerprint density at radius 1 is 1.33 bits per heavy atom. The number of nitrogens with zero attached hydrogens (tertiary/aromatic N) is 2. The van der Waals surface area contributed by atoms with E-state index in [4.69, 9.17) is 9.47 Å². The predicted molar refractivity (Wildman–Crippen MR) is 90.5 cm³/mol. The number of methoxy groups -OCH3 is 2. The lowest BCUT2D eigenvalue weighted by atomic mass is 10.1. The number of aryl methyl sites for hydroxylation is 1. The summed E-state index contributed by atoms with van der Waals surface area (Å²) in [5.41, 5.74) is 2.99. The summed E-state index contributed by atoms with van der Waals surface area (Å²) in [6.45, 7) is 1.65. The standard InChI is InChI=1S/C17H22N4O3/c1-21-17(12-10-18-7-6-13(12)20-21)19-16(22)9-11-4-5-14(23-2)15(8-11)24-3/h4-5,8,18H,6-7,9-10H2,1-3H3,(H,19,22). The summed E-state index contributed by atoms with van der Waals surface area (Å²) in [7, 11) is 5.02. The van der Waals surface area contributed by atoms with Crippen LogP contribution in [0.1, 0.15) is 16.8 Å². The van der Waals surface area contributed by atoms with Crippen molar-refractivity contribution in [3.63, 3.8) is 0 Å². The van der Waals surface area contributed by atoms with Crippen molar-refractivity contribution >= 4 is 11.7 Å². The van der Waals surface area contributed by atoms with Crippen molar-refractivity contribution in [1.29, 1.82) is 0 Å². The summed E-state index contributed by atoms with van der Waals surface area (Å²) in [5.74, 6) is 1.94. The number of hydrogen-bond acceptors (Lipinski definition) is 5. The van der Waals surface area contributed by atoms with Gasteiger partial charge in [0.25, 0.3) is 0 Å². The van der Waals surface area contributed by atoms with Crippen molar-refractivity contribution < 1.29 is 14.3 Å². The van der Waals surface area contributed by atoms with Gasteiger partial charge in [0, 0.05) is 32.1 Å². The number of fused-ring (bicyclic) bond motifs is 1. The van der Waals surface area contributed by atoms with Gasteiger partial charge in [-0.15, -0.1) is 0 Å². The minimum Gasteiger partial charge on any atom is -0.493 e. The first kappa shape index (κ1) is 16.3. The van der Waals surface area contributed by atoms with Crippen molar-refractivity contribution in [1.82, 2.24) is 15.1 Å². The van der Waals surface area contributed by atoms with Crippen LogP contribution in [0, 0.1) is 0 Å². The summed E-state index contributed by atoms with van der Waals surface area (Å²) in [5, 5.41) is 10.8. The second-order valence-electron chi connectivity index (χ2n) is 5.74. The summed E-state index contributed by atoms with van der Waals surface area (Å²) in [6.07, 6.45) is 1.14. The predicted octanol–water partition coefficient (Wildman–Crippen LogP) is 1.26. The minimum atomic E-state index is -0.0846. The average molecular weight is 330 g/mol. The highest BCUT2D eigenvalue weighted by Gasteiger charge is 2.20. The van der Waals surface area contributed by atoms with Crippen molar-refractivity contribution in [2.24, 2.45) is 7.05 Å². The van der Waals surface area contributed by atoms with Crippen molar-refractivity contribution in [3.05, 3.63) is 35.0 Å². The van der Waals surface area contributed by atoms with E-state index in [9.17, 15) is 4.79 Å². The van der Waals surface area contributed by atoms with E-state index in [-0.39, 0.29) is 12.3 Å². The molecule has 24 heavy (non-hydrogen) atoms. The molecule has 2 aromatic rings. The van der Waals surface area contributed by atoms with Gasteiger partial charge in [0.2, 0.25) is 5.91 Å². The molecule has 0 bridgehead atoms. The van der Waals surface area contributed by atoms with Gasteiger partial charge in [0.15, 0.2) is 11.5 Å². The Labute approximate surface area is 140 Å². The van der Waals surface area contributed by atoms with Gasteiger partial charge in [-0.1, -0.05) is 6.07 Å². The van der Waals surface area contributed by atoms with Crippen molar-refractivity contribution in [2.45, 2.75) is 19.4 Å². The maximum absolute atomic E-state index is 12.4. The normalized spacial score (nSPS) is 13.3. The maximum atomic E-state index is 12.4. The molecule has 0 aliphatic carbocycles. The number of carbonyl (C=O) groups is 1. The van der Waals surface area contributed by atoms with E-state index in [0.29, 0.717) is 11.5 Å². The van der Waals surface area contributed by atoms with E-state index in [2.05, 4.69) is 15.7 Å².